The summed E-state index contributed by atoms with van der Waals surface area (Å²) in [5.74, 6) is 0.834. The van der Waals surface area contributed by atoms with Gasteiger partial charge in [-0.2, -0.15) is 0 Å². The first-order valence-corrected chi connectivity index (χ1v) is 11.3. The Labute approximate surface area is 177 Å². The highest BCUT2D eigenvalue weighted by Crippen LogP contribution is 2.40. The number of rotatable bonds is 4. The Morgan fingerprint density at radius 3 is 2.64 bits per heavy atom. The molecule has 3 atom stereocenters. The maximum Gasteiger partial charge on any atom is 0.227 e. The normalized spacial score (nSPS) is 32.0. The number of amides is 2. The third-order valence-corrected chi connectivity index (χ3v) is 7.27. The number of benzene rings is 1. The van der Waals surface area contributed by atoms with Crippen molar-refractivity contribution < 1.29 is 9.59 Å². The average molecular weight is 424 g/mol. The molecule has 2 saturated carbocycles. The van der Waals surface area contributed by atoms with Crippen LogP contribution in [0.1, 0.15) is 38.5 Å². The zero-order chi connectivity index (χ0) is 19.0. The van der Waals surface area contributed by atoms with Crippen LogP contribution in [0.4, 0.5) is 5.69 Å². The first-order valence-electron chi connectivity index (χ1n) is 10.1. The van der Waals surface area contributed by atoms with Gasteiger partial charge in [-0.1, -0.05) is 12.5 Å². The van der Waals surface area contributed by atoms with Crippen molar-refractivity contribution >= 4 is 41.7 Å². The van der Waals surface area contributed by atoms with Gasteiger partial charge in [0.25, 0.3) is 0 Å². The van der Waals surface area contributed by atoms with E-state index in [4.69, 9.17) is 5.73 Å². The van der Waals surface area contributed by atoms with Gasteiger partial charge in [0.15, 0.2) is 0 Å². The van der Waals surface area contributed by atoms with Crippen molar-refractivity contribution in [2.75, 3.05) is 17.7 Å². The molecule has 154 valence electrons. The molecule has 1 heterocycles. The van der Waals surface area contributed by atoms with E-state index in [-0.39, 0.29) is 42.2 Å². The molecule has 0 radical (unpaired) electrons. The zero-order valence-corrected chi connectivity index (χ0v) is 17.9. The lowest BCUT2D eigenvalue weighted by atomic mass is 9.67. The van der Waals surface area contributed by atoms with Crippen LogP contribution in [0.15, 0.2) is 29.2 Å². The third kappa shape index (κ3) is 4.34. The van der Waals surface area contributed by atoms with E-state index < -0.39 is 0 Å². The molecule has 4 rings (SSSR count). The number of nitrogens with zero attached hydrogens (tertiary/aromatic N) is 1. The number of carbonyl (C=O) groups excluding carboxylic acids is 2. The van der Waals surface area contributed by atoms with Crippen molar-refractivity contribution in [2.45, 2.75) is 55.5 Å². The van der Waals surface area contributed by atoms with Crippen LogP contribution in [0.2, 0.25) is 0 Å². The van der Waals surface area contributed by atoms with Crippen LogP contribution in [0.3, 0.4) is 0 Å². The standard InChI is InChI=1S/C21H29N3O2S.ClH/c1-27-18-7-3-6-17(11-18)24-12-15(10-19(24)25)21(26)23-20-13-4-2-5-14(20)9-16(22)8-13;/h3,6-7,11,13-16,20H,2,4-5,8-10,12,22H2,1H3,(H,23,26);1H. The second-order valence-electron chi connectivity index (χ2n) is 8.32. The molecule has 3 fully saturated rings. The van der Waals surface area contributed by atoms with E-state index in [9.17, 15) is 9.59 Å². The topological polar surface area (TPSA) is 75.4 Å². The van der Waals surface area contributed by atoms with Crippen molar-refractivity contribution in [2.24, 2.45) is 23.5 Å². The Kier molecular flexibility index (Phi) is 6.94. The molecule has 2 amide bonds. The van der Waals surface area contributed by atoms with Gasteiger partial charge in [-0.15, -0.1) is 24.2 Å². The van der Waals surface area contributed by atoms with Gasteiger partial charge in [0.1, 0.15) is 0 Å². The van der Waals surface area contributed by atoms with E-state index in [1.807, 2.05) is 30.5 Å². The predicted octanol–water partition coefficient (Wildman–Crippen LogP) is 3.21. The summed E-state index contributed by atoms with van der Waals surface area (Å²) < 4.78 is 0. The summed E-state index contributed by atoms with van der Waals surface area (Å²) in [4.78, 5) is 28.4. The average Bonchev–Trinajstić information content (AvgIpc) is 3.04. The highest BCUT2D eigenvalue weighted by molar-refractivity contribution is 7.98. The fourth-order valence-electron chi connectivity index (χ4n) is 5.22. The maximum absolute atomic E-state index is 12.9. The van der Waals surface area contributed by atoms with Crippen LogP contribution in [-0.4, -0.2) is 36.7 Å². The fraction of sp³-hybridized carbons (Fsp3) is 0.619. The second-order valence-corrected chi connectivity index (χ2v) is 9.20. The summed E-state index contributed by atoms with van der Waals surface area (Å²) in [6, 6.07) is 8.50. The van der Waals surface area contributed by atoms with E-state index in [0.29, 0.717) is 24.8 Å². The van der Waals surface area contributed by atoms with Gasteiger partial charge in [-0.05, 0) is 62.0 Å². The summed E-state index contributed by atoms with van der Waals surface area (Å²) >= 11 is 1.66. The van der Waals surface area contributed by atoms with Crippen LogP contribution in [0.5, 0.6) is 0 Å². The molecule has 1 aliphatic heterocycles. The first kappa shape index (κ1) is 21.5. The lowest BCUT2D eigenvalue weighted by Gasteiger charge is -2.45. The molecule has 1 saturated heterocycles. The van der Waals surface area contributed by atoms with Crippen molar-refractivity contribution in [1.82, 2.24) is 5.32 Å². The van der Waals surface area contributed by atoms with Gasteiger partial charge in [-0.3, -0.25) is 9.59 Å². The van der Waals surface area contributed by atoms with Crippen LogP contribution in [-0.2, 0) is 9.59 Å². The van der Waals surface area contributed by atoms with E-state index >= 15 is 0 Å². The van der Waals surface area contributed by atoms with Crippen molar-refractivity contribution in [3.8, 4) is 0 Å². The molecule has 3 unspecified atom stereocenters. The smallest absolute Gasteiger partial charge is 0.227 e. The minimum atomic E-state index is -0.258. The van der Waals surface area contributed by atoms with Gasteiger partial charge in [-0.25, -0.2) is 0 Å². The van der Waals surface area contributed by atoms with Crippen LogP contribution < -0.4 is 16.0 Å². The van der Waals surface area contributed by atoms with Gasteiger partial charge < -0.3 is 16.0 Å². The highest BCUT2D eigenvalue weighted by Gasteiger charge is 2.42. The van der Waals surface area contributed by atoms with E-state index in [1.54, 1.807) is 16.7 Å². The molecule has 3 N–H and O–H groups in total. The number of hydrogen-bond donors (Lipinski definition) is 2. The lowest BCUT2D eigenvalue weighted by molar-refractivity contribution is -0.128. The van der Waals surface area contributed by atoms with Crippen molar-refractivity contribution in [1.29, 1.82) is 0 Å². The Balaban J connectivity index is 0.00000225. The number of nitrogens with one attached hydrogen (secondary N) is 1. The molecule has 28 heavy (non-hydrogen) atoms. The molecule has 1 aromatic rings. The molecule has 2 aliphatic carbocycles. The van der Waals surface area contributed by atoms with Crippen LogP contribution in [0, 0.1) is 17.8 Å². The Hall–Kier alpha value is -1.24. The monoisotopic (exact) mass is 423 g/mol. The molecule has 2 bridgehead atoms. The number of nitrogens with two attached hydrogens (primary N) is 1. The fourth-order valence-corrected chi connectivity index (χ4v) is 5.67. The van der Waals surface area contributed by atoms with Crippen LogP contribution >= 0.6 is 24.2 Å². The number of anilines is 1. The van der Waals surface area contributed by atoms with Gasteiger partial charge in [0.05, 0.1) is 5.92 Å². The van der Waals surface area contributed by atoms with E-state index in [1.165, 1.54) is 6.42 Å². The highest BCUT2D eigenvalue weighted by atomic mass is 35.5. The number of hydrogen-bond acceptors (Lipinski definition) is 4. The number of halogens is 1. The minimum absolute atomic E-state index is 0. The number of carbonyl (C=O) groups is 2. The molecular formula is C21H30ClN3O2S. The summed E-state index contributed by atoms with van der Waals surface area (Å²) in [5, 5.41) is 3.32. The van der Waals surface area contributed by atoms with Gasteiger partial charge >= 0.3 is 0 Å². The maximum atomic E-state index is 12.9. The van der Waals surface area contributed by atoms with Crippen molar-refractivity contribution in [3.63, 3.8) is 0 Å². The van der Waals surface area contributed by atoms with Crippen LogP contribution in [0.25, 0.3) is 0 Å². The first-order chi connectivity index (χ1) is 13.0. The molecule has 0 aromatic heterocycles. The summed E-state index contributed by atoms with van der Waals surface area (Å²) in [7, 11) is 0. The molecule has 5 nitrogen and oxygen atoms in total. The quantitative estimate of drug-likeness (QED) is 0.729. The number of thioether (sulfide) groups is 1. The van der Waals surface area contributed by atoms with Crippen molar-refractivity contribution in [3.05, 3.63) is 24.3 Å². The number of fused-ring (bicyclic) bond motifs is 2. The second kappa shape index (κ2) is 9.06. The summed E-state index contributed by atoms with van der Waals surface area (Å²) in [6.07, 6.45) is 7.91. The minimum Gasteiger partial charge on any atom is -0.353 e. The zero-order valence-electron chi connectivity index (χ0n) is 16.3. The lowest BCUT2D eigenvalue weighted by Crippen LogP contribution is -2.54. The Morgan fingerprint density at radius 2 is 1.96 bits per heavy atom. The van der Waals surface area contributed by atoms with E-state index in [0.717, 1.165) is 36.3 Å². The molecule has 1 aromatic carbocycles. The summed E-state index contributed by atoms with van der Waals surface area (Å²) in [5.41, 5.74) is 7.09. The third-order valence-electron chi connectivity index (χ3n) is 6.55. The largest absolute Gasteiger partial charge is 0.353 e. The predicted molar refractivity (Wildman–Crippen MR) is 116 cm³/mol. The molecule has 3 aliphatic rings. The Bertz CT molecular complexity index is 717. The molecule has 0 spiro atoms. The van der Waals surface area contributed by atoms with E-state index in [2.05, 4.69) is 5.32 Å². The molecular weight excluding hydrogens is 394 g/mol. The summed E-state index contributed by atoms with van der Waals surface area (Å²) in [6.45, 7) is 0.476. The molecule has 7 heteroatoms. The Morgan fingerprint density at radius 1 is 1.25 bits per heavy atom. The van der Waals surface area contributed by atoms with Gasteiger partial charge in [0, 0.05) is 35.6 Å². The SMILES string of the molecule is CSc1cccc(N2CC(C(=O)NC3C4CCCC3CC(N)C4)CC2=O)c1.Cl. The van der Waals surface area contributed by atoms with Gasteiger partial charge in [0.2, 0.25) is 11.8 Å².